The van der Waals surface area contributed by atoms with E-state index in [9.17, 15) is 0 Å². The van der Waals surface area contributed by atoms with Crippen molar-refractivity contribution in [3.63, 3.8) is 0 Å². The summed E-state index contributed by atoms with van der Waals surface area (Å²) in [6.07, 6.45) is 2.28. The van der Waals surface area contributed by atoms with Crippen LogP contribution in [0.1, 0.15) is 50.7 Å². The molecular weight excluding hydrogens is 266 g/mol. The van der Waals surface area contributed by atoms with Crippen molar-refractivity contribution in [3.8, 4) is 0 Å². The molecule has 0 amide bonds. The highest BCUT2D eigenvalue weighted by atomic mass is 16.5. The topological polar surface area (TPSA) is 43.6 Å². The summed E-state index contributed by atoms with van der Waals surface area (Å²) in [6.45, 7) is 13.1. The van der Waals surface area contributed by atoms with Crippen LogP contribution in [0, 0.1) is 12.8 Å². The van der Waals surface area contributed by atoms with Gasteiger partial charge in [0, 0.05) is 18.7 Å². The Hall–Kier alpha value is -0.840. The molecule has 0 bridgehead atoms. The van der Waals surface area contributed by atoms with E-state index in [-0.39, 0.29) is 0 Å². The van der Waals surface area contributed by atoms with E-state index in [4.69, 9.17) is 13.9 Å². The Morgan fingerprint density at radius 2 is 1.95 bits per heavy atom. The highest BCUT2D eigenvalue weighted by Crippen LogP contribution is 2.15. The number of nitrogens with one attached hydrogen (secondary N) is 1. The molecule has 0 fully saturated rings. The van der Waals surface area contributed by atoms with Crippen LogP contribution in [0.4, 0.5) is 0 Å². The number of rotatable bonds is 12. The molecule has 1 rings (SSSR count). The molecule has 4 nitrogen and oxygen atoms in total. The van der Waals surface area contributed by atoms with Crippen LogP contribution >= 0.6 is 0 Å². The van der Waals surface area contributed by atoms with E-state index in [1.807, 2.05) is 6.92 Å². The SMILES string of the molecule is CCCCOCCOCc1cc(CNCC(C)C)c(C)o1. The highest BCUT2D eigenvalue weighted by Gasteiger charge is 2.07. The van der Waals surface area contributed by atoms with E-state index in [1.165, 1.54) is 12.0 Å². The zero-order valence-corrected chi connectivity index (χ0v) is 14.0. The quantitative estimate of drug-likeness (QED) is 0.598. The third-order valence-corrected chi connectivity index (χ3v) is 3.20. The van der Waals surface area contributed by atoms with Crippen molar-refractivity contribution in [2.24, 2.45) is 5.92 Å². The maximum absolute atomic E-state index is 5.71. The Morgan fingerprint density at radius 1 is 1.19 bits per heavy atom. The zero-order chi connectivity index (χ0) is 15.5. The first-order valence-corrected chi connectivity index (χ1v) is 8.07. The molecule has 21 heavy (non-hydrogen) atoms. The van der Waals surface area contributed by atoms with Crippen molar-refractivity contribution in [2.45, 2.75) is 53.7 Å². The molecule has 1 aromatic rings. The van der Waals surface area contributed by atoms with E-state index in [0.29, 0.717) is 25.7 Å². The van der Waals surface area contributed by atoms with Gasteiger partial charge < -0.3 is 19.2 Å². The highest BCUT2D eigenvalue weighted by molar-refractivity contribution is 5.20. The van der Waals surface area contributed by atoms with Crippen LogP contribution < -0.4 is 5.32 Å². The van der Waals surface area contributed by atoms with Crippen LogP contribution in [0.2, 0.25) is 0 Å². The Bertz CT molecular complexity index is 374. The number of unbranched alkanes of at least 4 members (excludes halogenated alkanes) is 1. The standard InChI is InChI=1S/C17H31NO3/c1-5-6-7-19-8-9-20-13-17-10-16(15(4)21-17)12-18-11-14(2)3/h10,14,18H,5-9,11-13H2,1-4H3. The summed E-state index contributed by atoms with van der Waals surface area (Å²) in [4.78, 5) is 0. The smallest absolute Gasteiger partial charge is 0.130 e. The zero-order valence-electron chi connectivity index (χ0n) is 14.0. The molecule has 4 heteroatoms. The molecule has 1 heterocycles. The lowest BCUT2D eigenvalue weighted by Crippen LogP contribution is -2.18. The largest absolute Gasteiger partial charge is 0.464 e. The van der Waals surface area contributed by atoms with Gasteiger partial charge in [-0.2, -0.15) is 0 Å². The fourth-order valence-electron chi connectivity index (χ4n) is 1.97. The van der Waals surface area contributed by atoms with Crippen molar-refractivity contribution in [2.75, 3.05) is 26.4 Å². The summed E-state index contributed by atoms with van der Waals surface area (Å²) in [5.74, 6) is 2.53. The molecule has 122 valence electrons. The van der Waals surface area contributed by atoms with E-state index in [2.05, 4.69) is 32.2 Å². The second kappa shape index (κ2) is 10.8. The summed E-state index contributed by atoms with van der Waals surface area (Å²) < 4.78 is 16.7. The van der Waals surface area contributed by atoms with Crippen molar-refractivity contribution in [3.05, 3.63) is 23.2 Å². The predicted molar refractivity (Wildman–Crippen MR) is 85.4 cm³/mol. The molecule has 0 aliphatic carbocycles. The van der Waals surface area contributed by atoms with Crippen molar-refractivity contribution >= 4 is 0 Å². The molecule has 0 aromatic carbocycles. The molecule has 1 N–H and O–H groups in total. The van der Waals surface area contributed by atoms with E-state index >= 15 is 0 Å². The average Bonchev–Trinajstić information content (AvgIpc) is 2.78. The number of ether oxygens (including phenoxy) is 2. The van der Waals surface area contributed by atoms with Gasteiger partial charge in [-0.3, -0.25) is 0 Å². The van der Waals surface area contributed by atoms with Gasteiger partial charge in [-0.1, -0.05) is 27.2 Å². The van der Waals surface area contributed by atoms with Gasteiger partial charge in [-0.05, 0) is 31.9 Å². The van der Waals surface area contributed by atoms with E-state index in [0.717, 1.165) is 37.6 Å². The second-order valence-electron chi connectivity index (χ2n) is 5.84. The Balaban J connectivity index is 2.18. The van der Waals surface area contributed by atoms with Crippen LogP contribution in [0.3, 0.4) is 0 Å². The first kappa shape index (κ1) is 18.2. The first-order chi connectivity index (χ1) is 10.1. The van der Waals surface area contributed by atoms with Crippen molar-refractivity contribution < 1.29 is 13.9 Å². The molecule has 0 aliphatic heterocycles. The van der Waals surface area contributed by atoms with Gasteiger partial charge in [0.1, 0.15) is 18.1 Å². The Labute approximate surface area is 129 Å². The van der Waals surface area contributed by atoms with Crippen LogP contribution in [0.5, 0.6) is 0 Å². The third-order valence-electron chi connectivity index (χ3n) is 3.20. The van der Waals surface area contributed by atoms with E-state index < -0.39 is 0 Å². The summed E-state index contributed by atoms with van der Waals surface area (Å²) in [6, 6.07) is 2.08. The lowest BCUT2D eigenvalue weighted by Gasteiger charge is -2.05. The molecule has 0 aliphatic rings. The summed E-state index contributed by atoms with van der Waals surface area (Å²) in [7, 11) is 0. The number of aryl methyl sites for hydroxylation is 1. The van der Waals surface area contributed by atoms with Gasteiger partial charge in [-0.25, -0.2) is 0 Å². The van der Waals surface area contributed by atoms with Gasteiger partial charge >= 0.3 is 0 Å². The lowest BCUT2D eigenvalue weighted by molar-refractivity contribution is 0.0337. The molecule has 0 saturated carbocycles. The van der Waals surface area contributed by atoms with Crippen LogP contribution in [-0.2, 0) is 22.6 Å². The van der Waals surface area contributed by atoms with Gasteiger partial charge in [0.05, 0.1) is 13.2 Å². The van der Waals surface area contributed by atoms with E-state index in [1.54, 1.807) is 0 Å². The normalized spacial score (nSPS) is 11.5. The monoisotopic (exact) mass is 297 g/mol. The van der Waals surface area contributed by atoms with Gasteiger partial charge in [0.15, 0.2) is 0 Å². The minimum absolute atomic E-state index is 0.516. The van der Waals surface area contributed by atoms with Crippen LogP contribution in [0.15, 0.2) is 10.5 Å². The van der Waals surface area contributed by atoms with Crippen LogP contribution in [0.25, 0.3) is 0 Å². The van der Waals surface area contributed by atoms with Crippen molar-refractivity contribution in [1.82, 2.24) is 5.32 Å². The third kappa shape index (κ3) is 8.24. The first-order valence-electron chi connectivity index (χ1n) is 8.07. The summed E-state index contributed by atoms with van der Waals surface area (Å²) >= 11 is 0. The van der Waals surface area contributed by atoms with Gasteiger partial charge in [0.25, 0.3) is 0 Å². The molecule has 0 spiro atoms. The Kier molecular flexibility index (Phi) is 9.39. The lowest BCUT2D eigenvalue weighted by atomic mass is 10.2. The molecule has 0 radical (unpaired) electrons. The fraction of sp³-hybridized carbons (Fsp3) is 0.765. The number of hydrogen-bond acceptors (Lipinski definition) is 4. The summed E-state index contributed by atoms with van der Waals surface area (Å²) in [5, 5.41) is 3.43. The van der Waals surface area contributed by atoms with Crippen LogP contribution in [-0.4, -0.2) is 26.4 Å². The van der Waals surface area contributed by atoms with Gasteiger partial charge in [0.2, 0.25) is 0 Å². The number of hydrogen-bond donors (Lipinski definition) is 1. The molecule has 1 aromatic heterocycles. The minimum atomic E-state index is 0.516. The molecule has 0 saturated heterocycles. The molecule has 0 atom stereocenters. The maximum Gasteiger partial charge on any atom is 0.130 e. The fourth-order valence-corrected chi connectivity index (χ4v) is 1.97. The second-order valence-corrected chi connectivity index (χ2v) is 5.84. The maximum atomic E-state index is 5.71. The predicted octanol–water partition coefficient (Wildman–Crippen LogP) is 3.67. The summed E-state index contributed by atoms with van der Waals surface area (Å²) in [5.41, 5.74) is 1.22. The van der Waals surface area contributed by atoms with Crippen molar-refractivity contribution in [1.29, 1.82) is 0 Å². The van der Waals surface area contributed by atoms with Gasteiger partial charge in [-0.15, -0.1) is 0 Å². The minimum Gasteiger partial charge on any atom is -0.464 e. The number of furan rings is 1. The molecular formula is C17H31NO3. The Morgan fingerprint density at radius 3 is 2.67 bits per heavy atom. The average molecular weight is 297 g/mol. The molecule has 0 unspecified atom stereocenters.